The summed E-state index contributed by atoms with van der Waals surface area (Å²) < 4.78 is 5.91. The van der Waals surface area contributed by atoms with Crippen molar-refractivity contribution >= 4 is 22.8 Å². The first-order valence-electron chi connectivity index (χ1n) is 7.98. The van der Waals surface area contributed by atoms with E-state index in [0.717, 1.165) is 43.3 Å². The predicted molar refractivity (Wildman–Crippen MR) is 92.1 cm³/mol. The van der Waals surface area contributed by atoms with E-state index >= 15 is 0 Å². The van der Waals surface area contributed by atoms with Crippen molar-refractivity contribution in [2.24, 2.45) is 0 Å². The highest BCUT2D eigenvalue weighted by molar-refractivity contribution is 5.75. The Balaban J connectivity index is 1.51. The van der Waals surface area contributed by atoms with Gasteiger partial charge in [-0.15, -0.1) is 0 Å². The van der Waals surface area contributed by atoms with E-state index in [-0.39, 0.29) is 0 Å². The van der Waals surface area contributed by atoms with Gasteiger partial charge >= 0.3 is 0 Å². The van der Waals surface area contributed by atoms with Gasteiger partial charge in [0.05, 0.1) is 0 Å². The van der Waals surface area contributed by atoms with E-state index in [0.29, 0.717) is 0 Å². The van der Waals surface area contributed by atoms with Gasteiger partial charge < -0.3 is 14.2 Å². The van der Waals surface area contributed by atoms with Crippen LogP contribution >= 0.6 is 0 Å². The Morgan fingerprint density at radius 2 is 1.78 bits per heavy atom. The van der Waals surface area contributed by atoms with Gasteiger partial charge in [0.15, 0.2) is 5.58 Å². The van der Waals surface area contributed by atoms with Crippen LogP contribution in [0, 0.1) is 13.8 Å². The molecule has 3 aromatic rings. The molecule has 0 N–H and O–H groups in total. The van der Waals surface area contributed by atoms with Crippen molar-refractivity contribution in [1.29, 1.82) is 0 Å². The molecule has 0 bridgehead atoms. The highest BCUT2D eigenvalue weighted by atomic mass is 16.4. The number of hydrogen-bond acceptors (Lipinski definition) is 5. The summed E-state index contributed by atoms with van der Waals surface area (Å²) in [6.07, 6.45) is 3.78. The molecule has 5 heteroatoms. The molecule has 0 aliphatic carbocycles. The standard InChI is InChI=1S/C18H20N4O/c1-13-3-4-17-15(11-13)20-18(23-17)22-9-7-21(8-10-22)16-5-6-19-12-14(16)2/h3-6,11-12H,7-10H2,1-2H3. The van der Waals surface area contributed by atoms with Crippen LogP contribution in [0.2, 0.25) is 0 Å². The number of piperazine rings is 1. The first kappa shape index (κ1) is 14.1. The average Bonchev–Trinajstić information content (AvgIpc) is 2.98. The zero-order valence-corrected chi connectivity index (χ0v) is 13.5. The van der Waals surface area contributed by atoms with Crippen LogP contribution in [0.3, 0.4) is 0 Å². The van der Waals surface area contributed by atoms with Crippen LogP contribution in [0.15, 0.2) is 41.1 Å². The molecule has 0 saturated carbocycles. The Morgan fingerprint density at radius 1 is 1.00 bits per heavy atom. The molecule has 0 spiro atoms. The Morgan fingerprint density at radius 3 is 2.57 bits per heavy atom. The summed E-state index contributed by atoms with van der Waals surface area (Å²) in [4.78, 5) is 13.4. The fourth-order valence-corrected chi connectivity index (χ4v) is 3.12. The number of benzene rings is 1. The summed E-state index contributed by atoms with van der Waals surface area (Å²) in [5, 5.41) is 0. The Kier molecular flexibility index (Phi) is 3.41. The third-order valence-corrected chi connectivity index (χ3v) is 4.41. The molecule has 5 nitrogen and oxygen atoms in total. The quantitative estimate of drug-likeness (QED) is 0.727. The zero-order valence-electron chi connectivity index (χ0n) is 13.5. The Bertz CT molecular complexity index is 834. The third-order valence-electron chi connectivity index (χ3n) is 4.41. The SMILES string of the molecule is Cc1ccc2oc(N3CCN(c4ccncc4C)CC3)nc2c1. The first-order valence-corrected chi connectivity index (χ1v) is 7.98. The lowest BCUT2D eigenvalue weighted by Crippen LogP contribution is -2.46. The lowest BCUT2D eigenvalue weighted by atomic mass is 10.2. The zero-order chi connectivity index (χ0) is 15.8. The summed E-state index contributed by atoms with van der Waals surface area (Å²) in [5.74, 6) is 0. The van der Waals surface area contributed by atoms with Crippen LogP contribution in [0.25, 0.3) is 11.1 Å². The molecule has 1 fully saturated rings. The number of oxazole rings is 1. The van der Waals surface area contributed by atoms with Gasteiger partial charge in [0.25, 0.3) is 6.01 Å². The summed E-state index contributed by atoms with van der Waals surface area (Å²) in [7, 11) is 0. The van der Waals surface area contributed by atoms with Gasteiger partial charge in [0.1, 0.15) is 5.52 Å². The first-order chi connectivity index (χ1) is 11.2. The molecule has 0 atom stereocenters. The van der Waals surface area contributed by atoms with Crippen LogP contribution in [-0.4, -0.2) is 36.1 Å². The largest absolute Gasteiger partial charge is 0.423 e. The van der Waals surface area contributed by atoms with Gasteiger partial charge in [-0.2, -0.15) is 4.98 Å². The molecule has 23 heavy (non-hydrogen) atoms. The summed E-state index contributed by atoms with van der Waals surface area (Å²) in [5.41, 5.74) is 5.49. The Hall–Kier alpha value is -2.56. The summed E-state index contributed by atoms with van der Waals surface area (Å²) >= 11 is 0. The minimum atomic E-state index is 0.733. The number of hydrogen-bond donors (Lipinski definition) is 0. The second-order valence-corrected chi connectivity index (χ2v) is 6.10. The van der Waals surface area contributed by atoms with Crippen molar-refractivity contribution in [3.8, 4) is 0 Å². The lowest BCUT2D eigenvalue weighted by Gasteiger charge is -2.35. The number of fused-ring (bicyclic) bond motifs is 1. The number of rotatable bonds is 2. The molecular formula is C18H20N4O. The molecule has 118 valence electrons. The molecule has 0 unspecified atom stereocenters. The van der Waals surface area contributed by atoms with Gasteiger partial charge in [-0.05, 0) is 43.2 Å². The van der Waals surface area contributed by atoms with Crippen LogP contribution in [-0.2, 0) is 0 Å². The van der Waals surface area contributed by atoms with Gasteiger partial charge in [-0.3, -0.25) is 4.98 Å². The highest BCUT2D eigenvalue weighted by Crippen LogP contribution is 2.25. The van der Waals surface area contributed by atoms with Crippen LogP contribution in [0.4, 0.5) is 11.7 Å². The maximum Gasteiger partial charge on any atom is 0.298 e. The normalized spacial score (nSPS) is 15.4. The molecule has 1 aromatic carbocycles. The molecule has 1 saturated heterocycles. The van der Waals surface area contributed by atoms with E-state index in [1.165, 1.54) is 16.8 Å². The fourth-order valence-electron chi connectivity index (χ4n) is 3.12. The van der Waals surface area contributed by atoms with E-state index < -0.39 is 0 Å². The number of aromatic nitrogens is 2. The lowest BCUT2D eigenvalue weighted by molar-refractivity contribution is 0.541. The second kappa shape index (κ2) is 5.57. The van der Waals surface area contributed by atoms with Crippen molar-refractivity contribution in [2.75, 3.05) is 36.0 Å². The summed E-state index contributed by atoms with van der Waals surface area (Å²) in [6.45, 7) is 7.92. The molecule has 1 aliphatic heterocycles. The molecule has 3 heterocycles. The number of pyridine rings is 1. The van der Waals surface area contributed by atoms with Crippen molar-refractivity contribution in [3.05, 3.63) is 47.8 Å². The van der Waals surface area contributed by atoms with Crippen LogP contribution in [0.1, 0.15) is 11.1 Å². The average molecular weight is 308 g/mol. The van der Waals surface area contributed by atoms with Crippen LogP contribution < -0.4 is 9.80 Å². The van der Waals surface area contributed by atoms with Crippen molar-refractivity contribution in [2.45, 2.75) is 13.8 Å². The molecule has 2 aromatic heterocycles. The molecular weight excluding hydrogens is 288 g/mol. The molecule has 4 rings (SSSR count). The van der Waals surface area contributed by atoms with E-state index in [9.17, 15) is 0 Å². The number of anilines is 2. The van der Waals surface area contributed by atoms with Gasteiger partial charge in [-0.25, -0.2) is 0 Å². The fraction of sp³-hybridized carbons (Fsp3) is 0.333. The van der Waals surface area contributed by atoms with Gasteiger partial charge in [-0.1, -0.05) is 6.07 Å². The van der Waals surface area contributed by atoms with Gasteiger partial charge in [0, 0.05) is 44.3 Å². The van der Waals surface area contributed by atoms with Crippen molar-refractivity contribution in [3.63, 3.8) is 0 Å². The number of nitrogens with zero attached hydrogens (tertiary/aromatic N) is 4. The number of aryl methyl sites for hydroxylation is 2. The minimum absolute atomic E-state index is 0.733. The minimum Gasteiger partial charge on any atom is -0.423 e. The van der Waals surface area contributed by atoms with E-state index in [1.54, 1.807) is 0 Å². The molecule has 0 radical (unpaired) electrons. The maximum absolute atomic E-state index is 5.91. The van der Waals surface area contributed by atoms with Crippen molar-refractivity contribution in [1.82, 2.24) is 9.97 Å². The van der Waals surface area contributed by atoms with Gasteiger partial charge in [0.2, 0.25) is 0 Å². The van der Waals surface area contributed by atoms with Crippen molar-refractivity contribution < 1.29 is 4.42 Å². The summed E-state index contributed by atoms with van der Waals surface area (Å²) in [6, 6.07) is 8.95. The Labute approximate surface area is 135 Å². The maximum atomic E-state index is 5.91. The third kappa shape index (κ3) is 2.63. The van der Waals surface area contributed by atoms with Crippen LogP contribution in [0.5, 0.6) is 0 Å². The smallest absolute Gasteiger partial charge is 0.298 e. The van der Waals surface area contributed by atoms with E-state index in [1.807, 2.05) is 18.5 Å². The molecule has 0 amide bonds. The van der Waals surface area contributed by atoms with E-state index in [4.69, 9.17) is 4.42 Å². The highest BCUT2D eigenvalue weighted by Gasteiger charge is 2.22. The second-order valence-electron chi connectivity index (χ2n) is 6.10. The topological polar surface area (TPSA) is 45.4 Å². The monoisotopic (exact) mass is 308 g/mol. The van der Waals surface area contributed by atoms with E-state index in [2.05, 4.69) is 51.8 Å². The predicted octanol–water partition coefficient (Wildman–Crippen LogP) is 3.17. The molecule has 1 aliphatic rings.